The molecule has 6 nitrogen and oxygen atoms in total. The summed E-state index contributed by atoms with van der Waals surface area (Å²) in [5.74, 6) is 1.28. The van der Waals surface area contributed by atoms with Crippen LogP contribution in [0.1, 0.15) is 34.3 Å². The number of nitrogens with one attached hydrogen (secondary N) is 2. The predicted molar refractivity (Wildman–Crippen MR) is 110 cm³/mol. The lowest BCUT2D eigenvalue weighted by molar-refractivity contribution is -0.114. The highest BCUT2D eigenvalue weighted by Gasteiger charge is 2.20. The summed E-state index contributed by atoms with van der Waals surface area (Å²) in [7, 11) is 0. The minimum atomic E-state index is -0.174. The monoisotopic (exact) mass is 392 g/mol. The Kier molecular flexibility index (Phi) is 5.79. The summed E-state index contributed by atoms with van der Waals surface area (Å²) in [6, 6.07) is 13.0. The third-order valence-corrected chi connectivity index (χ3v) is 4.97. The molecule has 2 aliphatic rings. The second kappa shape index (κ2) is 8.82. The maximum atomic E-state index is 12.5. The molecule has 0 atom stereocenters. The van der Waals surface area contributed by atoms with Gasteiger partial charge in [0.05, 0.1) is 13.2 Å². The Balaban J connectivity index is 1.42. The first-order valence-electron chi connectivity index (χ1n) is 9.95. The van der Waals surface area contributed by atoms with Crippen molar-refractivity contribution in [1.29, 1.82) is 0 Å². The number of carbonyl (C=O) groups excluding carboxylic acids is 2. The Morgan fingerprint density at radius 2 is 1.83 bits per heavy atom. The molecule has 0 saturated carbocycles. The molecule has 0 saturated heterocycles. The molecule has 0 aromatic heterocycles. The highest BCUT2D eigenvalue weighted by molar-refractivity contribution is 5.98. The van der Waals surface area contributed by atoms with Gasteiger partial charge in [0.1, 0.15) is 0 Å². The van der Waals surface area contributed by atoms with Crippen LogP contribution in [0.15, 0.2) is 48.5 Å². The van der Waals surface area contributed by atoms with Crippen LogP contribution in [-0.4, -0.2) is 38.0 Å². The number of carbonyl (C=O) groups is 2. The highest BCUT2D eigenvalue weighted by Crippen LogP contribution is 2.36. The lowest BCUT2D eigenvalue weighted by atomic mass is 9.96. The van der Waals surface area contributed by atoms with Gasteiger partial charge in [-0.3, -0.25) is 9.59 Å². The van der Waals surface area contributed by atoms with E-state index in [4.69, 9.17) is 9.47 Å². The molecule has 2 heterocycles. The predicted octanol–water partition coefficient (Wildman–Crippen LogP) is 2.72. The first kappa shape index (κ1) is 19.1. The lowest BCUT2D eigenvalue weighted by Gasteiger charge is -2.23. The van der Waals surface area contributed by atoms with Gasteiger partial charge < -0.3 is 20.1 Å². The molecular formula is C23H24N2O4. The van der Waals surface area contributed by atoms with E-state index in [0.717, 1.165) is 47.7 Å². The van der Waals surface area contributed by atoms with Crippen molar-refractivity contribution in [2.75, 3.05) is 26.3 Å². The van der Waals surface area contributed by atoms with Crippen LogP contribution < -0.4 is 20.1 Å². The van der Waals surface area contributed by atoms with E-state index in [0.29, 0.717) is 25.3 Å². The molecule has 0 fully saturated rings. The molecule has 4 rings (SSSR count). The summed E-state index contributed by atoms with van der Waals surface area (Å²) < 4.78 is 11.6. The highest BCUT2D eigenvalue weighted by atomic mass is 16.5. The van der Waals surface area contributed by atoms with Crippen molar-refractivity contribution in [3.05, 3.63) is 65.2 Å². The standard InChI is InChI=1S/C23H24N2O4/c26-18(8-10-25-23(27)16-5-2-1-3-6-16)14-20-19-15-22-21(28-11-4-12-29-22)13-17(19)7-9-24-20/h1-3,5-6,13-15,24H,4,7-12H2,(H,25,27). The fourth-order valence-corrected chi connectivity index (χ4v) is 3.49. The molecule has 29 heavy (non-hydrogen) atoms. The molecule has 2 aromatic rings. The number of ether oxygens (including phenoxy) is 2. The smallest absolute Gasteiger partial charge is 0.251 e. The van der Waals surface area contributed by atoms with E-state index < -0.39 is 0 Å². The number of amides is 1. The van der Waals surface area contributed by atoms with Crippen LogP contribution in [0.4, 0.5) is 0 Å². The summed E-state index contributed by atoms with van der Waals surface area (Å²) in [5, 5.41) is 6.10. The normalized spacial score (nSPS) is 16.3. The zero-order valence-electron chi connectivity index (χ0n) is 16.2. The van der Waals surface area contributed by atoms with Crippen molar-refractivity contribution in [2.45, 2.75) is 19.3 Å². The fraction of sp³-hybridized carbons (Fsp3) is 0.304. The van der Waals surface area contributed by atoms with Gasteiger partial charge in [-0.05, 0) is 36.2 Å². The SMILES string of the molecule is O=C(C=C1NCCc2cc3c(cc21)OCCCO3)CCNC(=O)c1ccccc1. The molecule has 6 heteroatoms. The quantitative estimate of drug-likeness (QED) is 0.765. The Morgan fingerprint density at radius 1 is 1.07 bits per heavy atom. The number of hydrogen-bond acceptors (Lipinski definition) is 5. The van der Waals surface area contributed by atoms with Crippen molar-refractivity contribution < 1.29 is 19.1 Å². The topological polar surface area (TPSA) is 76.7 Å². The molecule has 2 aliphatic heterocycles. The second-order valence-corrected chi connectivity index (χ2v) is 7.08. The van der Waals surface area contributed by atoms with Crippen LogP contribution in [0.5, 0.6) is 11.5 Å². The van der Waals surface area contributed by atoms with Crippen molar-refractivity contribution in [2.24, 2.45) is 0 Å². The third kappa shape index (κ3) is 4.59. The zero-order valence-corrected chi connectivity index (χ0v) is 16.2. The van der Waals surface area contributed by atoms with Gasteiger partial charge in [0.25, 0.3) is 5.91 Å². The van der Waals surface area contributed by atoms with E-state index in [2.05, 4.69) is 10.6 Å². The van der Waals surface area contributed by atoms with Crippen LogP contribution in [0.2, 0.25) is 0 Å². The Morgan fingerprint density at radius 3 is 2.62 bits per heavy atom. The van der Waals surface area contributed by atoms with Gasteiger partial charge >= 0.3 is 0 Å². The van der Waals surface area contributed by atoms with E-state index in [-0.39, 0.29) is 18.1 Å². The van der Waals surface area contributed by atoms with E-state index in [1.54, 1.807) is 18.2 Å². The van der Waals surface area contributed by atoms with Gasteiger partial charge in [0, 0.05) is 48.8 Å². The van der Waals surface area contributed by atoms with Crippen LogP contribution in [0.25, 0.3) is 5.70 Å². The van der Waals surface area contributed by atoms with Crippen LogP contribution in [0, 0.1) is 0 Å². The molecule has 0 unspecified atom stereocenters. The van der Waals surface area contributed by atoms with Gasteiger partial charge in [-0.1, -0.05) is 18.2 Å². The van der Waals surface area contributed by atoms with E-state index >= 15 is 0 Å². The summed E-state index contributed by atoms with van der Waals surface area (Å²) in [5.41, 5.74) is 3.50. The summed E-state index contributed by atoms with van der Waals surface area (Å²) in [6.45, 7) is 2.33. The largest absolute Gasteiger partial charge is 0.490 e. The second-order valence-electron chi connectivity index (χ2n) is 7.08. The zero-order chi connectivity index (χ0) is 20.1. The van der Waals surface area contributed by atoms with Crippen LogP contribution >= 0.6 is 0 Å². The van der Waals surface area contributed by atoms with E-state index in [1.165, 1.54) is 0 Å². The minimum Gasteiger partial charge on any atom is -0.490 e. The van der Waals surface area contributed by atoms with Gasteiger partial charge in [0.2, 0.25) is 0 Å². The molecule has 0 aliphatic carbocycles. The average Bonchev–Trinajstić information content (AvgIpc) is 2.98. The van der Waals surface area contributed by atoms with Crippen LogP contribution in [0.3, 0.4) is 0 Å². The summed E-state index contributed by atoms with van der Waals surface area (Å²) in [4.78, 5) is 24.5. The first-order chi connectivity index (χ1) is 14.2. The van der Waals surface area contributed by atoms with Crippen molar-refractivity contribution in [1.82, 2.24) is 10.6 Å². The van der Waals surface area contributed by atoms with Gasteiger partial charge in [-0.2, -0.15) is 0 Å². The van der Waals surface area contributed by atoms with Gasteiger partial charge in [-0.15, -0.1) is 0 Å². The number of ketones is 1. The number of allylic oxidation sites excluding steroid dienone is 1. The maximum Gasteiger partial charge on any atom is 0.251 e. The van der Waals surface area contributed by atoms with Crippen molar-refractivity contribution in [3.8, 4) is 11.5 Å². The fourth-order valence-electron chi connectivity index (χ4n) is 3.49. The lowest BCUT2D eigenvalue weighted by Crippen LogP contribution is -2.26. The maximum absolute atomic E-state index is 12.5. The number of hydrogen-bond donors (Lipinski definition) is 2. The third-order valence-electron chi connectivity index (χ3n) is 4.97. The average molecular weight is 392 g/mol. The molecule has 2 aromatic carbocycles. The first-order valence-corrected chi connectivity index (χ1v) is 9.95. The number of benzene rings is 2. The molecule has 1 amide bonds. The van der Waals surface area contributed by atoms with E-state index in [1.807, 2.05) is 30.3 Å². The summed E-state index contributed by atoms with van der Waals surface area (Å²) in [6.07, 6.45) is 3.58. The van der Waals surface area contributed by atoms with Gasteiger partial charge in [0.15, 0.2) is 17.3 Å². The number of rotatable bonds is 5. The Bertz CT molecular complexity index is 937. The van der Waals surface area contributed by atoms with Crippen molar-refractivity contribution >= 4 is 17.4 Å². The van der Waals surface area contributed by atoms with Crippen LogP contribution in [-0.2, 0) is 11.2 Å². The minimum absolute atomic E-state index is 0.0409. The molecule has 0 bridgehead atoms. The molecule has 150 valence electrons. The molecular weight excluding hydrogens is 368 g/mol. The molecule has 0 spiro atoms. The Labute approximate surface area is 169 Å². The van der Waals surface area contributed by atoms with Gasteiger partial charge in [-0.25, -0.2) is 0 Å². The molecule has 2 N–H and O–H groups in total. The van der Waals surface area contributed by atoms with Crippen molar-refractivity contribution in [3.63, 3.8) is 0 Å². The Hall–Kier alpha value is -3.28. The number of fused-ring (bicyclic) bond motifs is 2. The summed E-state index contributed by atoms with van der Waals surface area (Å²) >= 11 is 0. The molecule has 0 radical (unpaired) electrons. The van der Waals surface area contributed by atoms with E-state index in [9.17, 15) is 9.59 Å².